The number of carboxylic acid groups (broad SMARTS) is 1. The third-order valence-electron chi connectivity index (χ3n) is 1.43. The van der Waals surface area contributed by atoms with Crippen LogP contribution in [0.1, 0.15) is 10.4 Å². The molecule has 5 heteroatoms. The van der Waals surface area contributed by atoms with Crippen molar-refractivity contribution in [1.29, 1.82) is 5.26 Å². The van der Waals surface area contributed by atoms with Gasteiger partial charge in [-0.3, -0.25) is 0 Å². The molecule has 0 aliphatic carbocycles. The summed E-state index contributed by atoms with van der Waals surface area (Å²) in [7, 11) is 0. The first kappa shape index (κ1) is 9.55. The molecule has 1 amide bonds. The van der Waals surface area contributed by atoms with E-state index >= 15 is 0 Å². The zero-order valence-electron chi connectivity index (χ0n) is 6.78. The average molecular weight is 196 g/mol. The fourth-order valence-electron chi connectivity index (χ4n) is 0.863. The number of thiophene rings is 1. The fourth-order valence-corrected chi connectivity index (χ4v) is 1.68. The minimum atomic E-state index is -1.02. The lowest BCUT2D eigenvalue weighted by Gasteiger charge is -1.96. The Labute approximate surface area is 79.4 Å². The van der Waals surface area contributed by atoms with E-state index < -0.39 is 6.09 Å². The molecular formula is C8H8N2O2S. The molecule has 0 radical (unpaired) electrons. The van der Waals surface area contributed by atoms with Gasteiger partial charge in [-0.15, -0.1) is 11.3 Å². The van der Waals surface area contributed by atoms with Gasteiger partial charge in [0.05, 0.1) is 5.56 Å². The van der Waals surface area contributed by atoms with Gasteiger partial charge in [0.15, 0.2) is 0 Å². The summed E-state index contributed by atoms with van der Waals surface area (Å²) in [6.07, 6.45) is -0.379. The van der Waals surface area contributed by atoms with E-state index in [2.05, 4.69) is 5.32 Å². The third-order valence-corrected chi connectivity index (χ3v) is 2.43. The van der Waals surface area contributed by atoms with E-state index in [4.69, 9.17) is 10.4 Å². The molecule has 0 saturated carbocycles. The Morgan fingerprint density at radius 1 is 1.77 bits per heavy atom. The van der Waals surface area contributed by atoms with Crippen molar-refractivity contribution < 1.29 is 9.90 Å². The Morgan fingerprint density at radius 3 is 3.08 bits per heavy atom. The van der Waals surface area contributed by atoms with Gasteiger partial charge in [0.2, 0.25) is 0 Å². The smallest absolute Gasteiger partial charge is 0.404 e. The Hall–Kier alpha value is -1.54. The summed E-state index contributed by atoms with van der Waals surface area (Å²) in [5, 5.41) is 20.8. The van der Waals surface area contributed by atoms with Crippen molar-refractivity contribution in [3.05, 3.63) is 21.9 Å². The van der Waals surface area contributed by atoms with Gasteiger partial charge in [0.25, 0.3) is 0 Å². The highest BCUT2D eigenvalue weighted by atomic mass is 32.1. The SMILES string of the molecule is N#Cc1csc(CCNC(=O)O)c1. The zero-order chi connectivity index (χ0) is 9.68. The molecule has 0 saturated heterocycles. The van der Waals surface area contributed by atoms with E-state index in [1.54, 1.807) is 11.4 Å². The van der Waals surface area contributed by atoms with Crippen molar-refractivity contribution in [3.8, 4) is 6.07 Å². The highest BCUT2D eigenvalue weighted by Gasteiger charge is 1.99. The van der Waals surface area contributed by atoms with Gasteiger partial charge in [-0.1, -0.05) is 0 Å². The maximum Gasteiger partial charge on any atom is 0.404 e. The van der Waals surface area contributed by atoms with E-state index in [9.17, 15) is 4.79 Å². The summed E-state index contributed by atoms with van der Waals surface area (Å²) in [5.74, 6) is 0. The van der Waals surface area contributed by atoms with Crippen molar-refractivity contribution >= 4 is 17.4 Å². The highest BCUT2D eigenvalue weighted by Crippen LogP contribution is 2.13. The topological polar surface area (TPSA) is 73.1 Å². The van der Waals surface area contributed by atoms with Crippen LogP contribution >= 0.6 is 11.3 Å². The number of amides is 1. The van der Waals surface area contributed by atoms with Gasteiger partial charge in [-0.05, 0) is 12.5 Å². The molecule has 4 nitrogen and oxygen atoms in total. The predicted molar refractivity (Wildman–Crippen MR) is 48.8 cm³/mol. The standard InChI is InChI=1S/C8H8N2O2S/c9-4-6-3-7(13-5-6)1-2-10-8(11)12/h3,5,10H,1-2H2,(H,11,12). The van der Waals surface area contributed by atoms with Gasteiger partial charge in [0.1, 0.15) is 6.07 Å². The van der Waals surface area contributed by atoms with E-state index in [1.165, 1.54) is 11.3 Å². The maximum atomic E-state index is 10.1. The molecule has 13 heavy (non-hydrogen) atoms. The molecule has 0 aliphatic heterocycles. The van der Waals surface area contributed by atoms with Gasteiger partial charge in [-0.2, -0.15) is 5.26 Å². The quantitative estimate of drug-likeness (QED) is 0.768. The molecule has 1 rings (SSSR count). The van der Waals surface area contributed by atoms with E-state index in [1.807, 2.05) is 6.07 Å². The van der Waals surface area contributed by atoms with Crippen molar-refractivity contribution in [2.24, 2.45) is 0 Å². The third kappa shape index (κ3) is 3.13. The van der Waals surface area contributed by atoms with Crippen LogP contribution in [0.5, 0.6) is 0 Å². The van der Waals surface area contributed by atoms with Crippen LogP contribution in [0.2, 0.25) is 0 Å². The van der Waals surface area contributed by atoms with Crippen molar-refractivity contribution in [2.75, 3.05) is 6.54 Å². The Kier molecular flexibility index (Phi) is 3.29. The average Bonchev–Trinajstić information content (AvgIpc) is 2.52. The molecule has 0 spiro atoms. The number of hydrogen-bond acceptors (Lipinski definition) is 3. The lowest BCUT2D eigenvalue weighted by atomic mass is 10.3. The molecule has 1 aromatic heterocycles. The van der Waals surface area contributed by atoms with Crippen LogP contribution in [0.25, 0.3) is 0 Å². The van der Waals surface area contributed by atoms with Crippen molar-refractivity contribution in [3.63, 3.8) is 0 Å². The summed E-state index contributed by atoms with van der Waals surface area (Å²) in [4.78, 5) is 11.1. The van der Waals surface area contributed by atoms with E-state index in [0.717, 1.165) is 4.88 Å². The van der Waals surface area contributed by atoms with E-state index in [-0.39, 0.29) is 0 Å². The Balaban J connectivity index is 2.38. The first-order valence-corrected chi connectivity index (χ1v) is 4.54. The maximum absolute atomic E-state index is 10.1. The molecule has 0 bridgehead atoms. The van der Waals surface area contributed by atoms with Crippen LogP contribution in [-0.4, -0.2) is 17.7 Å². The highest BCUT2D eigenvalue weighted by molar-refractivity contribution is 7.10. The van der Waals surface area contributed by atoms with Gasteiger partial charge in [0, 0.05) is 16.8 Å². The van der Waals surface area contributed by atoms with E-state index in [0.29, 0.717) is 18.5 Å². The molecule has 1 heterocycles. The zero-order valence-corrected chi connectivity index (χ0v) is 7.60. The molecule has 0 aromatic carbocycles. The van der Waals surface area contributed by atoms with Gasteiger partial charge >= 0.3 is 6.09 Å². The molecule has 0 fully saturated rings. The number of rotatable bonds is 3. The first-order valence-electron chi connectivity index (χ1n) is 3.66. The number of nitriles is 1. The van der Waals surface area contributed by atoms with Crippen molar-refractivity contribution in [1.82, 2.24) is 5.32 Å². The second-order valence-corrected chi connectivity index (χ2v) is 3.39. The number of hydrogen-bond donors (Lipinski definition) is 2. The van der Waals surface area contributed by atoms with Crippen LogP contribution in [0.3, 0.4) is 0 Å². The Bertz CT molecular complexity index is 340. The fraction of sp³-hybridized carbons (Fsp3) is 0.250. The number of nitrogens with zero attached hydrogens (tertiary/aromatic N) is 1. The molecule has 0 unspecified atom stereocenters. The minimum Gasteiger partial charge on any atom is -0.465 e. The molecule has 68 valence electrons. The molecule has 2 N–H and O–H groups in total. The van der Waals surface area contributed by atoms with Crippen LogP contribution in [0.4, 0.5) is 4.79 Å². The largest absolute Gasteiger partial charge is 0.465 e. The number of carbonyl (C=O) groups is 1. The minimum absolute atomic E-state index is 0.390. The van der Waals surface area contributed by atoms with Crippen LogP contribution in [0.15, 0.2) is 11.4 Å². The van der Waals surface area contributed by atoms with Gasteiger partial charge in [-0.25, -0.2) is 4.79 Å². The van der Waals surface area contributed by atoms with Crippen LogP contribution < -0.4 is 5.32 Å². The second kappa shape index (κ2) is 4.48. The molecule has 0 atom stereocenters. The normalized spacial score (nSPS) is 9.15. The van der Waals surface area contributed by atoms with Crippen LogP contribution in [0, 0.1) is 11.3 Å². The summed E-state index contributed by atoms with van der Waals surface area (Å²) in [6, 6.07) is 3.79. The first-order chi connectivity index (χ1) is 6.22. The molecule has 1 aromatic rings. The van der Waals surface area contributed by atoms with Crippen LogP contribution in [-0.2, 0) is 6.42 Å². The summed E-state index contributed by atoms with van der Waals surface area (Å²) in [5.41, 5.74) is 0.635. The summed E-state index contributed by atoms with van der Waals surface area (Å²) >= 11 is 1.47. The molecular weight excluding hydrogens is 188 g/mol. The lowest BCUT2D eigenvalue weighted by Crippen LogP contribution is -2.22. The van der Waals surface area contributed by atoms with Gasteiger partial charge < -0.3 is 10.4 Å². The Morgan fingerprint density at radius 2 is 2.54 bits per heavy atom. The second-order valence-electron chi connectivity index (χ2n) is 2.40. The molecule has 0 aliphatic rings. The predicted octanol–water partition coefficient (Wildman–Crippen LogP) is 1.43. The summed E-state index contributed by atoms with van der Waals surface area (Å²) in [6.45, 7) is 0.390. The number of nitrogens with one attached hydrogen (secondary N) is 1. The summed E-state index contributed by atoms with van der Waals surface area (Å²) < 4.78 is 0. The lowest BCUT2D eigenvalue weighted by molar-refractivity contribution is 0.194. The van der Waals surface area contributed by atoms with Crippen molar-refractivity contribution in [2.45, 2.75) is 6.42 Å². The monoisotopic (exact) mass is 196 g/mol.